The first-order valence-corrected chi connectivity index (χ1v) is 7.94. The Morgan fingerprint density at radius 3 is 2.78 bits per heavy atom. The van der Waals surface area contributed by atoms with Gasteiger partial charge in [0.1, 0.15) is 0 Å². The molecule has 0 aromatic carbocycles. The lowest BCUT2D eigenvalue weighted by Crippen LogP contribution is -1.98. The van der Waals surface area contributed by atoms with Gasteiger partial charge >= 0.3 is 0 Å². The highest BCUT2D eigenvalue weighted by Gasteiger charge is 2.07. The molecule has 1 atom stereocenters. The van der Waals surface area contributed by atoms with Crippen LogP contribution in [-0.2, 0) is 12.2 Å². The van der Waals surface area contributed by atoms with E-state index >= 15 is 0 Å². The van der Waals surface area contributed by atoms with E-state index in [-0.39, 0.29) is 0 Å². The zero-order chi connectivity index (χ0) is 13.2. The van der Waals surface area contributed by atoms with Crippen molar-refractivity contribution in [1.82, 2.24) is 10.1 Å². The number of thioether (sulfide) groups is 1. The van der Waals surface area contributed by atoms with Gasteiger partial charge in [0.05, 0.1) is 5.75 Å². The van der Waals surface area contributed by atoms with Crippen molar-refractivity contribution in [3.8, 4) is 0 Å². The molecule has 0 saturated heterocycles. The minimum absolute atomic E-state index is 0.656. The van der Waals surface area contributed by atoms with Crippen LogP contribution < -0.4 is 5.73 Å². The van der Waals surface area contributed by atoms with Crippen LogP contribution in [0.15, 0.2) is 4.52 Å². The van der Waals surface area contributed by atoms with Crippen LogP contribution in [0.2, 0.25) is 0 Å². The molecule has 104 valence electrons. The van der Waals surface area contributed by atoms with E-state index < -0.39 is 0 Å². The highest BCUT2D eigenvalue weighted by molar-refractivity contribution is 7.99. The Hall–Kier alpha value is -0.550. The van der Waals surface area contributed by atoms with E-state index in [2.05, 4.69) is 24.0 Å². The molecule has 1 unspecified atom stereocenters. The molecule has 0 bridgehead atoms. The molecular weight excluding hydrogens is 246 g/mol. The summed E-state index contributed by atoms with van der Waals surface area (Å²) in [6, 6.07) is 0. The Bertz CT molecular complexity index is 317. The van der Waals surface area contributed by atoms with Crippen molar-refractivity contribution in [3.05, 3.63) is 11.7 Å². The lowest BCUT2D eigenvalue weighted by atomic mass is 10.1. The summed E-state index contributed by atoms with van der Waals surface area (Å²) in [6.07, 6.45) is 6.68. The molecule has 1 aromatic heterocycles. The maximum absolute atomic E-state index is 5.45. The number of hydrogen-bond acceptors (Lipinski definition) is 5. The summed E-state index contributed by atoms with van der Waals surface area (Å²) in [5.74, 6) is 2.46. The third-order valence-electron chi connectivity index (χ3n) is 2.93. The van der Waals surface area contributed by atoms with Gasteiger partial charge in [-0.1, -0.05) is 31.8 Å². The molecule has 0 aliphatic rings. The van der Waals surface area contributed by atoms with Gasteiger partial charge in [0, 0.05) is 11.7 Å². The molecule has 1 aromatic rings. The van der Waals surface area contributed by atoms with Gasteiger partial charge in [0.15, 0.2) is 5.82 Å². The van der Waals surface area contributed by atoms with Crippen LogP contribution in [0.25, 0.3) is 0 Å². The number of aryl methyl sites for hydroxylation is 1. The van der Waals surface area contributed by atoms with Gasteiger partial charge in [-0.15, -0.1) is 0 Å². The van der Waals surface area contributed by atoms with Gasteiger partial charge in [-0.3, -0.25) is 0 Å². The second-order valence-electron chi connectivity index (χ2n) is 4.59. The standard InChI is InChI=1S/C13H25N3OS/c1-3-11(2)18-10-12-15-13(17-16-12)8-6-4-5-7-9-14/h11H,3-10,14H2,1-2H3. The molecule has 0 saturated carbocycles. The molecule has 4 nitrogen and oxygen atoms in total. The topological polar surface area (TPSA) is 64.9 Å². The minimum Gasteiger partial charge on any atom is -0.339 e. The Labute approximate surface area is 114 Å². The molecule has 1 heterocycles. The quantitative estimate of drug-likeness (QED) is 0.662. The molecular formula is C13H25N3OS. The Kier molecular flexibility index (Phi) is 8.09. The fraction of sp³-hybridized carbons (Fsp3) is 0.846. The maximum Gasteiger partial charge on any atom is 0.226 e. The van der Waals surface area contributed by atoms with Crippen LogP contribution in [0.1, 0.15) is 57.7 Å². The second-order valence-corrected chi connectivity index (χ2v) is 6.01. The zero-order valence-corrected chi connectivity index (χ0v) is 12.3. The molecule has 0 aliphatic heterocycles. The number of hydrogen-bond donors (Lipinski definition) is 1. The summed E-state index contributed by atoms with van der Waals surface area (Å²) in [6.45, 7) is 5.21. The summed E-state index contributed by atoms with van der Waals surface area (Å²) in [5.41, 5.74) is 5.45. The van der Waals surface area contributed by atoms with Crippen LogP contribution in [0, 0.1) is 0 Å². The van der Waals surface area contributed by atoms with Crippen molar-refractivity contribution in [1.29, 1.82) is 0 Å². The molecule has 5 heteroatoms. The van der Waals surface area contributed by atoms with Crippen molar-refractivity contribution in [2.24, 2.45) is 5.73 Å². The molecule has 0 amide bonds. The lowest BCUT2D eigenvalue weighted by molar-refractivity contribution is 0.370. The smallest absolute Gasteiger partial charge is 0.226 e. The van der Waals surface area contributed by atoms with Gasteiger partial charge in [-0.2, -0.15) is 16.7 Å². The highest BCUT2D eigenvalue weighted by atomic mass is 32.2. The van der Waals surface area contributed by atoms with Gasteiger partial charge in [-0.05, 0) is 25.8 Å². The van der Waals surface area contributed by atoms with Gasteiger partial charge < -0.3 is 10.3 Å². The Morgan fingerprint density at radius 2 is 2.06 bits per heavy atom. The van der Waals surface area contributed by atoms with Crippen molar-refractivity contribution < 1.29 is 4.52 Å². The summed E-state index contributed by atoms with van der Waals surface area (Å²) in [5, 5.41) is 4.67. The van der Waals surface area contributed by atoms with E-state index in [9.17, 15) is 0 Å². The van der Waals surface area contributed by atoms with E-state index in [4.69, 9.17) is 10.3 Å². The summed E-state index contributed by atoms with van der Waals surface area (Å²) < 4.78 is 5.24. The van der Waals surface area contributed by atoms with Crippen molar-refractivity contribution in [3.63, 3.8) is 0 Å². The average molecular weight is 271 g/mol. The third-order valence-corrected chi connectivity index (χ3v) is 4.25. The molecule has 2 N–H and O–H groups in total. The van der Waals surface area contributed by atoms with Crippen molar-refractivity contribution >= 4 is 11.8 Å². The van der Waals surface area contributed by atoms with Crippen LogP contribution in [-0.4, -0.2) is 21.9 Å². The summed E-state index contributed by atoms with van der Waals surface area (Å²) in [7, 11) is 0. The summed E-state index contributed by atoms with van der Waals surface area (Å²) >= 11 is 1.88. The monoisotopic (exact) mass is 271 g/mol. The number of nitrogens with zero attached hydrogens (tertiary/aromatic N) is 2. The minimum atomic E-state index is 0.656. The van der Waals surface area contributed by atoms with Gasteiger partial charge in [0.2, 0.25) is 5.89 Å². The second kappa shape index (κ2) is 9.39. The number of aromatic nitrogens is 2. The molecule has 1 rings (SSSR count). The largest absolute Gasteiger partial charge is 0.339 e. The number of unbranched alkanes of at least 4 members (excludes halogenated alkanes) is 3. The molecule has 0 radical (unpaired) electrons. The predicted molar refractivity (Wildman–Crippen MR) is 76.6 cm³/mol. The van der Waals surface area contributed by atoms with E-state index in [1.165, 1.54) is 19.3 Å². The molecule has 18 heavy (non-hydrogen) atoms. The highest BCUT2D eigenvalue weighted by Crippen LogP contribution is 2.18. The van der Waals surface area contributed by atoms with E-state index in [1.807, 2.05) is 11.8 Å². The first kappa shape index (κ1) is 15.5. The van der Waals surface area contributed by atoms with Gasteiger partial charge in [-0.25, -0.2) is 0 Å². The maximum atomic E-state index is 5.45. The molecule has 0 aliphatic carbocycles. The first-order chi connectivity index (χ1) is 8.76. The summed E-state index contributed by atoms with van der Waals surface area (Å²) in [4.78, 5) is 4.41. The fourth-order valence-corrected chi connectivity index (χ4v) is 2.35. The van der Waals surface area contributed by atoms with E-state index in [0.29, 0.717) is 5.25 Å². The first-order valence-electron chi connectivity index (χ1n) is 6.89. The number of nitrogens with two attached hydrogens (primary N) is 1. The van der Waals surface area contributed by atoms with Crippen molar-refractivity contribution in [2.45, 2.75) is 63.4 Å². The molecule has 0 spiro atoms. The SMILES string of the molecule is CCC(C)SCc1noc(CCCCCCN)n1. The third kappa shape index (κ3) is 6.40. The average Bonchev–Trinajstić information content (AvgIpc) is 2.83. The predicted octanol–water partition coefficient (Wildman–Crippen LogP) is 3.16. The number of rotatable bonds is 10. The Morgan fingerprint density at radius 1 is 1.28 bits per heavy atom. The van der Waals surface area contributed by atoms with Gasteiger partial charge in [0.25, 0.3) is 0 Å². The fourth-order valence-electron chi connectivity index (χ4n) is 1.56. The van der Waals surface area contributed by atoms with Crippen LogP contribution in [0.5, 0.6) is 0 Å². The lowest BCUT2D eigenvalue weighted by Gasteiger charge is -2.04. The van der Waals surface area contributed by atoms with Crippen LogP contribution in [0.4, 0.5) is 0 Å². The van der Waals surface area contributed by atoms with Crippen molar-refractivity contribution in [2.75, 3.05) is 6.54 Å². The van der Waals surface area contributed by atoms with Crippen LogP contribution >= 0.6 is 11.8 Å². The molecule has 0 fully saturated rings. The normalized spacial score (nSPS) is 12.8. The van der Waals surface area contributed by atoms with Crippen LogP contribution in [0.3, 0.4) is 0 Å². The van der Waals surface area contributed by atoms with E-state index in [1.54, 1.807) is 0 Å². The van der Waals surface area contributed by atoms with E-state index in [0.717, 1.165) is 43.3 Å². The zero-order valence-electron chi connectivity index (χ0n) is 11.5. The Balaban J connectivity index is 2.17.